The molecule has 6 heteroatoms. The van der Waals surface area contributed by atoms with Gasteiger partial charge in [-0.1, -0.05) is 6.42 Å². The SMILES string of the molecule is Cn1nccc1CN1CC[C@]2(CCC[C@@H]2C(=O)N2CCOCC2)C1. The number of carbonyl (C=O) groups is 1. The minimum absolute atomic E-state index is 0.202. The minimum Gasteiger partial charge on any atom is -0.378 e. The van der Waals surface area contributed by atoms with E-state index in [0.29, 0.717) is 19.1 Å². The van der Waals surface area contributed by atoms with Crippen LogP contribution in [0.5, 0.6) is 0 Å². The van der Waals surface area contributed by atoms with Crippen LogP contribution in [0.15, 0.2) is 12.3 Å². The molecule has 0 bridgehead atoms. The van der Waals surface area contributed by atoms with E-state index in [4.69, 9.17) is 4.74 Å². The Morgan fingerprint density at radius 2 is 2.17 bits per heavy atom. The summed E-state index contributed by atoms with van der Waals surface area (Å²) in [5.74, 6) is 0.602. The second-order valence-electron chi connectivity index (χ2n) is 7.65. The molecule has 0 aromatic carbocycles. The van der Waals surface area contributed by atoms with Crippen molar-refractivity contribution in [3.05, 3.63) is 18.0 Å². The zero-order valence-electron chi connectivity index (χ0n) is 14.6. The molecule has 0 unspecified atom stereocenters. The van der Waals surface area contributed by atoms with Crippen molar-refractivity contribution in [2.75, 3.05) is 39.4 Å². The Bertz CT molecular complexity index is 596. The Morgan fingerprint density at radius 3 is 2.92 bits per heavy atom. The van der Waals surface area contributed by atoms with Crippen LogP contribution in [0.3, 0.4) is 0 Å². The summed E-state index contributed by atoms with van der Waals surface area (Å²) in [5.41, 5.74) is 1.45. The summed E-state index contributed by atoms with van der Waals surface area (Å²) in [4.78, 5) is 17.6. The van der Waals surface area contributed by atoms with Crippen LogP contribution in [0.25, 0.3) is 0 Å². The standard InChI is InChI=1S/C18H28N4O2/c1-20-15(4-7-19-20)13-21-8-6-18(14-21)5-2-3-16(18)17(23)22-9-11-24-12-10-22/h4,7,16H,2-3,5-6,8-14H2,1H3/t16-,18-/m1/s1. The van der Waals surface area contributed by atoms with Gasteiger partial charge in [0.25, 0.3) is 0 Å². The van der Waals surface area contributed by atoms with Crippen LogP contribution in [0.1, 0.15) is 31.4 Å². The van der Waals surface area contributed by atoms with Gasteiger partial charge in [0.1, 0.15) is 0 Å². The lowest BCUT2D eigenvalue weighted by atomic mass is 9.76. The van der Waals surface area contributed by atoms with E-state index in [1.807, 2.05) is 22.8 Å². The molecule has 3 aliphatic rings. The molecule has 6 nitrogen and oxygen atoms in total. The van der Waals surface area contributed by atoms with E-state index < -0.39 is 0 Å². The smallest absolute Gasteiger partial charge is 0.226 e. The highest BCUT2D eigenvalue weighted by Gasteiger charge is 2.51. The molecular weight excluding hydrogens is 304 g/mol. The van der Waals surface area contributed by atoms with Gasteiger partial charge in [0.2, 0.25) is 5.91 Å². The fourth-order valence-corrected chi connectivity index (χ4v) is 4.92. The van der Waals surface area contributed by atoms with Crippen molar-refractivity contribution >= 4 is 5.91 Å². The van der Waals surface area contributed by atoms with Crippen LogP contribution >= 0.6 is 0 Å². The third-order valence-electron chi connectivity index (χ3n) is 6.30. The largest absolute Gasteiger partial charge is 0.378 e. The summed E-state index contributed by atoms with van der Waals surface area (Å²) in [6.45, 7) is 6.01. The molecule has 2 atom stereocenters. The van der Waals surface area contributed by atoms with Crippen LogP contribution in [0.2, 0.25) is 0 Å². The number of rotatable bonds is 3. The van der Waals surface area contributed by atoms with Gasteiger partial charge in [-0.15, -0.1) is 0 Å². The highest BCUT2D eigenvalue weighted by atomic mass is 16.5. The number of nitrogens with zero attached hydrogens (tertiary/aromatic N) is 4. The molecule has 1 aliphatic carbocycles. The maximum Gasteiger partial charge on any atom is 0.226 e. The quantitative estimate of drug-likeness (QED) is 0.836. The molecule has 1 saturated carbocycles. The highest BCUT2D eigenvalue weighted by Crippen LogP contribution is 2.50. The summed E-state index contributed by atoms with van der Waals surface area (Å²) in [7, 11) is 2.00. The van der Waals surface area contributed by atoms with E-state index >= 15 is 0 Å². The Kier molecular flexibility index (Phi) is 4.35. The second-order valence-corrected chi connectivity index (χ2v) is 7.65. The van der Waals surface area contributed by atoms with Gasteiger partial charge in [-0.05, 0) is 37.3 Å². The normalized spacial score (nSPS) is 31.2. The van der Waals surface area contributed by atoms with Gasteiger partial charge in [-0.3, -0.25) is 14.4 Å². The second kappa shape index (κ2) is 6.48. The molecule has 24 heavy (non-hydrogen) atoms. The summed E-state index contributed by atoms with van der Waals surface area (Å²) in [5, 5.41) is 4.27. The molecule has 3 heterocycles. The predicted molar refractivity (Wildman–Crippen MR) is 90.3 cm³/mol. The molecule has 1 amide bonds. The van der Waals surface area contributed by atoms with E-state index in [1.54, 1.807) is 0 Å². The number of carbonyl (C=O) groups excluding carboxylic acids is 1. The van der Waals surface area contributed by atoms with E-state index in [1.165, 1.54) is 18.5 Å². The fourth-order valence-electron chi connectivity index (χ4n) is 4.92. The Morgan fingerprint density at radius 1 is 1.33 bits per heavy atom. The van der Waals surface area contributed by atoms with Crippen molar-refractivity contribution in [3.8, 4) is 0 Å². The van der Waals surface area contributed by atoms with Crippen molar-refractivity contribution < 1.29 is 9.53 Å². The van der Waals surface area contributed by atoms with E-state index in [9.17, 15) is 4.79 Å². The number of amides is 1. The van der Waals surface area contributed by atoms with Gasteiger partial charge in [-0.2, -0.15) is 5.10 Å². The van der Waals surface area contributed by atoms with E-state index in [2.05, 4.69) is 16.1 Å². The van der Waals surface area contributed by atoms with Gasteiger partial charge < -0.3 is 9.64 Å². The maximum absolute atomic E-state index is 13.1. The average Bonchev–Trinajstić information content (AvgIpc) is 3.31. The fraction of sp³-hybridized carbons (Fsp3) is 0.778. The molecule has 2 aliphatic heterocycles. The summed E-state index contributed by atoms with van der Waals surface area (Å²) in [6, 6.07) is 2.09. The van der Waals surface area contributed by atoms with Crippen molar-refractivity contribution in [2.45, 2.75) is 32.2 Å². The zero-order valence-corrected chi connectivity index (χ0v) is 14.6. The van der Waals surface area contributed by atoms with Crippen molar-refractivity contribution in [2.24, 2.45) is 18.4 Å². The Hall–Kier alpha value is -1.40. The maximum atomic E-state index is 13.1. The number of hydrogen-bond acceptors (Lipinski definition) is 4. The van der Waals surface area contributed by atoms with Crippen molar-refractivity contribution in [1.29, 1.82) is 0 Å². The molecule has 0 radical (unpaired) electrons. The molecule has 1 spiro atoms. The van der Waals surface area contributed by atoms with Crippen LogP contribution in [0, 0.1) is 11.3 Å². The number of ether oxygens (including phenoxy) is 1. The van der Waals surface area contributed by atoms with Gasteiger partial charge in [0.05, 0.1) is 18.9 Å². The molecule has 3 fully saturated rings. The Balaban J connectivity index is 1.44. The topological polar surface area (TPSA) is 50.6 Å². The number of likely N-dealkylation sites (tertiary alicyclic amines) is 1. The summed E-state index contributed by atoms with van der Waals surface area (Å²) < 4.78 is 7.36. The number of aryl methyl sites for hydroxylation is 1. The van der Waals surface area contributed by atoms with Gasteiger partial charge in [0.15, 0.2) is 0 Å². The first-order valence-electron chi connectivity index (χ1n) is 9.24. The average molecular weight is 332 g/mol. The van der Waals surface area contributed by atoms with Crippen LogP contribution in [-0.2, 0) is 23.1 Å². The lowest BCUT2D eigenvalue weighted by Gasteiger charge is -2.36. The molecule has 0 N–H and O–H groups in total. The van der Waals surface area contributed by atoms with Crippen LogP contribution in [-0.4, -0.2) is 64.9 Å². The summed E-state index contributed by atoms with van der Waals surface area (Å²) >= 11 is 0. The Labute approximate surface area is 143 Å². The van der Waals surface area contributed by atoms with E-state index in [-0.39, 0.29) is 11.3 Å². The zero-order chi connectivity index (χ0) is 16.6. The third-order valence-corrected chi connectivity index (χ3v) is 6.30. The number of aromatic nitrogens is 2. The first-order chi connectivity index (χ1) is 11.7. The first kappa shape index (κ1) is 16.1. The first-order valence-corrected chi connectivity index (χ1v) is 9.24. The molecule has 1 aromatic heterocycles. The summed E-state index contributed by atoms with van der Waals surface area (Å²) in [6.07, 6.45) is 6.48. The molecule has 2 saturated heterocycles. The van der Waals surface area contributed by atoms with Crippen LogP contribution < -0.4 is 0 Å². The molecular formula is C18H28N4O2. The molecule has 4 rings (SSSR count). The minimum atomic E-state index is 0.202. The van der Waals surface area contributed by atoms with Gasteiger partial charge in [0, 0.05) is 45.3 Å². The predicted octanol–water partition coefficient (Wildman–Crippen LogP) is 1.27. The third kappa shape index (κ3) is 2.86. The van der Waals surface area contributed by atoms with Gasteiger partial charge >= 0.3 is 0 Å². The molecule has 132 valence electrons. The number of morpholine rings is 1. The van der Waals surface area contributed by atoms with Crippen molar-refractivity contribution in [3.63, 3.8) is 0 Å². The molecule has 1 aromatic rings. The lowest BCUT2D eigenvalue weighted by molar-refractivity contribution is -0.143. The highest BCUT2D eigenvalue weighted by molar-refractivity contribution is 5.80. The lowest BCUT2D eigenvalue weighted by Crippen LogP contribution is -2.47. The van der Waals surface area contributed by atoms with Crippen LogP contribution in [0.4, 0.5) is 0 Å². The van der Waals surface area contributed by atoms with Gasteiger partial charge in [-0.25, -0.2) is 0 Å². The number of hydrogen-bond donors (Lipinski definition) is 0. The van der Waals surface area contributed by atoms with Crippen molar-refractivity contribution in [1.82, 2.24) is 19.6 Å². The van der Waals surface area contributed by atoms with E-state index in [0.717, 1.165) is 45.6 Å². The monoisotopic (exact) mass is 332 g/mol.